The van der Waals surface area contributed by atoms with Crippen LogP contribution in [-0.2, 0) is 16.0 Å². The molecule has 5 aromatic rings. The van der Waals surface area contributed by atoms with Crippen LogP contribution >= 0.6 is 0 Å². The summed E-state index contributed by atoms with van der Waals surface area (Å²) >= 11 is 0. The molecule has 2 aliphatic rings. The van der Waals surface area contributed by atoms with Gasteiger partial charge in [0.05, 0.1) is 11.0 Å². The zero-order valence-corrected chi connectivity index (χ0v) is 29.7. The topological polar surface area (TPSA) is 160 Å². The number of carbonyl (C=O) groups excluding carboxylic acids is 3. The number of benzene rings is 3. The van der Waals surface area contributed by atoms with Gasteiger partial charge < -0.3 is 26.7 Å². The van der Waals surface area contributed by atoms with Crippen LogP contribution in [0.15, 0.2) is 79.1 Å². The molecule has 1 atom stereocenters. The lowest BCUT2D eigenvalue weighted by Crippen LogP contribution is -2.42. The van der Waals surface area contributed by atoms with Gasteiger partial charge in [0.15, 0.2) is 0 Å². The van der Waals surface area contributed by atoms with Gasteiger partial charge in [-0.1, -0.05) is 30.3 Å². The van der Waals surface area contributed by atoms with Gasteiger partial charge in [-0.15, -0.1) is 0 Å². The number of ketones is 1. The molecule has 270 valence electrons. The number of rotatable bonds is 12. The number of nitrogens with zero attached hydrogens (tertiary/aromatic N) is 3. The zero-order chi connectivity index (χ0) is 36.0. The average Bonchev–Trinajstić information content (AvgIpc) is 3.86. The van der Waals surface area contributed by atoms with Gasteiger partial charge in [-0.2, -0.15) is 5.10 Å². The van der Waals surface area contributed by atoms with Gasteiger partial charge in [0.25, 0.3) is 5.91 Å². The quantitative estimate of drug-likeness (QED) is 0.111. The van der Waals surface area contributed by atoms with Crippen LogP contribution in [0.5, 0.6) is 0 Å². The van der Waals surface area contributed by atoms with E-state index in [0.717, 1.165) is 84.9 Å². The van der Waals surface area contributed by atoms with Crippen molar-refractivity contribution in [3.05, 3.63) is 95.8 Å². The van der Waals surface area contributed by atoms with Crippen molar-refractivity contribution in [2.75, 3.05) is 25.0 Å². The second kappa shape index (κ2) is 16.0. The number of carbonyl (C=O) groups is 3. The first-order chi connectivity index (χ1) is 25.3. The van der Waals surface area contributed by atoms with E-state index in [9.17, 15) is 14.4 Å². The fourth-order valence-electron chi connectivity index (χ4n) is 7.68. The van der Waals surface area contributed by atoms with Crippen molar-refractivity contribution in [2.45, 2.75) is 64.3 Å². The van der Waals surface area contributed by atoms with Crippen LogP contribution in [0.1, 0.15) is 66.4 Å². The first kappa shape index (κ1) is 35.3. The molecule has 1 aliphatic heterocycles. The molecule has 0 unspecified atom stereocenters. The van der Waals surface area contributed by atoms with Gasteiger partial charge in [0.1, 0.15) is 5.78 Å². The van der Waals surface area contributed by atoms with Crippen molar-refractivity contribution < 1.29 is 14.4 Å². The first-order valence-corrected chi connectivity index (χ1v) is 18.6. The second-order valence-corrected chi connectivity index (χ2v) is 14.5. The number of fused-ring (bicyclic) bond motifs is 1. The Morgan fingerprint density at radius 2 is 1.75 bits per heavy atom. The molecule has 2 fully saturated rings. The molecule has 0 bridgehead atoms. The number of aryl methyl sites for hydroxylation is 1. The van der Waals surface area contributed by atoms with Crippen molar-refractivity contribution >= 4 is 34.3 Å². The summed E-state index contributed by atoms with van der Waals surface area (Å²) in [5.74, 6) is 0.422. The monoisotopic (exact) mass is 700 g/mol. The van der Waals surface area contributed by atoms with Gasteiger partial charge >= 0.3 is 0 Å². The molecule has 0 spiro atoms. The Morgan fingerprint density at radius 3 is 2.46 bits per heavy atom. The van der Waals surface area contributed by atoms with Crippen LogP contribution in [0.25, 0.3) is 28.1 Å². The molecule has 1 aliphatic carbocycles. The van der Waals surface area contributed by atoms with E-state index in [1.54, 1.807) is 10.9 Å². The predicted molar refractivity (Wildman–Crippen MR) is 203 cm³/mol. The number of imidazole rings is 1. The minimum atomic E-state index is -0.540. The molecule has 0 radical (unpaired) electrons. The number of aromatic amines is 1. The van der Waals surface area contributed by atoms with Crippen LogP contribution in [0.3, 0.4) is 0 Å². The van der Waals surface area contributed by atoms with Gasteiger partial charge in [-0.3, -0.25) is 14.4 Å². The Balaban J connectivity index is 1.05. The number of Topliss-reactive ketones (excluding diaryl/α,β-unsaturated/α-hetero) is 1. The Kier molecular flexibility index (Phi) is 10.9. The summed E-state index contributed by atoms with van der Waals surface area (Å²) in [6.45, 7) is 4.53. The van der Waals surface area contributed by atoms with Crippen LogP contribution < -0.4 is 21.7 Å². The lowest BCUT2D eigenvalue weighted by atomic mass is 9.77. The van der Waals surface area contributed by atoms with E-state index in [0.29, 0.717) is 36.1 Å². The minimum absolute atomic E-state index is 0.0322. The molecular formula is C41H48N8O3. The number of nitrogens with two attached hydrogens (primary N) is 1. The van der Waals surface area contributed by atoms with Crippen molar-refractivity contribution in [1.29, 1.82) is 0 Å². The van der Waals surface area contributed by atoms with E-state index in [1.165, 1.54) is 0 Å². The third-order valence-electron chi connectivity index (χ3n) is 10.8. The Morgan fingerprint density at radius 1 is 0.962 bits per heavy atom. The normalized spacial score (nSPS) is 18.6. The van der Waals surface area contributed by atoms with Gasteiger partial charge in [0.2, 0.25) is 11.9 Å². The van der Waals surface area contributed by atoms with Gasteiger partial charge in [-0.25, -0.2) is 9.67 Å². The predicted octanol–water partition coefficient (Wildman–Crippen LogP) is 5.73. The molecule has 1 saturated carbocycles. The SMILES string of the molecule is Cc1cc(C(=O)NC2CCNCC2)ccc1-c1ccc(C[C@H](CC(=O)C2CCC(CN)CC2)C(=O)Nc2ccc3nc(-n4cccn4)[nH]c3c2)cc1. The maximum atomic E-state index is 14.0. The highest BCUT2D eigenvalue weighted by atomic mass is 16.2. The van der Waals surface area contributed by atoms with Crippen LogP contribution in [-0.4, -0.2) is 63.0 Å². The second-order valence-electron chi connectivity index (χ2n) is 14.5. The lowest BCUT2D eigenvalue weighted by Gasteiger charge is -2.27. The number of aromatic nitrogens is 4. The van der Waals surface area contributed by atoms with E-state index < -0.39 is 5.92 Å². The van der Waals surface area contributed by atoms with Crippen LogP contribution in [0.2, 0.25) is 0 Å². The summed E-state index contributed by atoms with van der Waals surface area (Å²) in [6.07, 6.45) is 9.57. The van der Waals surface area contributed by atoms with Crippen LogP contribution in [0, 0.1) is 24.7 Å². The number of anilines is 1. The van der Waals surface area contributed by atoms with Gasteiger partial charge in [-0.05, 0) is 136 Å². The number of piperidine rings is 1. The fourth-order valence-corrected chi connectivity index (χ4v) is 7.68. The standard InChI is InChI=1S/C41H48N8O3/c1-26-21-31(39(51)45-33-15-18-43-19-16-33)11-13-35(26)29-7-3-27(4-8-29)22-32(23-38(50)30-9-5-28(25-42)6-10-30)40(52)46-34-12-14-36-37(24-34)48-41(47-36)49-20-2-17-44-49/h2-4,7-8,11-14,17,20-21,24,28,30,32-33,43H,5-6,9-10,15-16,18-19,22-23,25,42H2,1H3,(H,45,51)(H,46,52)(H,47,48)/t28?,30?,32-/m1/s1. The summed E-state index contributed by atoms with van der Waals surface area (Å²) in [5, 5.41) is 13.8. The van der Waals surface area contributed by atoms with E-state index >= 15 is 0 Å². The molecule has 3 heterocycles. The molecule has 3 aromatic carbocycles. The Hall–Kier alpha value is -5.13. The van der Waals surface area contributed by atoms with Crippen molar-refractivity contribution in [1.82, 2.24) is 30.4 Å². The summed E-state index contributed by atoms with van der Waals surface area (Å²) in [5.41, 5.74) is 12.8. The highest BCUT2D eigenvalue weighted by molar-refractivity contribution is 5.97. The third kappa shape index (κ3) is 8.32. The molecule has 2 aromatic heterocycles. The van der Waals surface area contributed by atoms with Crippen molar-refractivity contribution in [3.8, 4) is 17.1 Å². The first-order valence-electron chi connectivity index (χ1n) is 18.6. The lowest BCUT2D eigenvalue weighted by molar-refractivity contribution is -0.129. The average molecular weight is 701 g/mol. The molecule has 6 N–H and O–H groups in total. The highest BCUT2D eigenvalue weighted by Crippen LogP contribution is 2.32. The Labute approximate surface area is 304 Å². The molecule has 52 heavy (non-hydrogen) atoms. The summed E-state index contributed by atoms with van der Waals surface area (Å²) in [4.78, 5) is 48.4. The zero-order valence-electron chi connectivity index (χ0n) is 29.7. The Bertz CT molecular complexity index is 2010. The molecule has 1 saturated heterocycles. The maximum Gasteiger partial charge on any atom is 0.251 e. The number of nitrogens with one attached hydrogen (secondary N) is 4. The number of hydrogen-bond donors (Lipinski definition) is 5. The number of hydrogen-bond acceptors (Lipinski definition) is 7. The summed E-state index contributed by atoms with van der Waals surface area (Å²) in [7, 11) is 0. The van der Waals surface area contributed by atoms with Crippen molar-refractivity contribution in [2.24, 2.45) is 23.5 Å². The van der Waals surface area contributed by atoms with E-state index in [2.05, 4.69) is 43.1 Å². The molecule has 2 amide bonds. The minimum Gasteiger partial charge on any atom is -0.349 e. The smallest absolute Gasteiger partial charge is 0.251 e. The molecule has 11 nitrogen and oxygen atoms in total. The van der Waals surface area contributed by atoms with E-state index in [4.69, 9.17) is 5.73 Å². The number of H-pyrrole nitrogens is 1. The van der Waals surface area contributed by atoms with E-state index in [-0.39, 0.29) is 36.0 Å². The molecule has 7 rings (SSSR count). The summed E-state index contributed by atoms with van der Waals surface area (Å²) in [6, 6.07) is 21.6. The number of amides is 2. The molecular weight excluding hydrogens is 653 g/mol. The van der Waals surface area contributed by atoms with Gasteiger partial charge in [0, 0.05) is 47.9 Å². The van der Waals surface area contributed by atoms with Crippen LogP contribution in [0.4, 0.5) is 5.69 Å². The molecule has 11 heteroatoms. The fraction of sp³-hybridized carbons (Fsp3) is 0.390. The highest BCUT2D eigenvalue weighted by Gasteiger charge is 2.30. The van der Waals surface area contributed by atoms with Crippen molar-refractivity contribution in [3.63, 3.8) is 0 Å². The third-order valence-corrected chi connectivity index (χ3v) is 10.8. The summed E-state index contributed by atoms with van der Waals surface area (Å²) < 4.78 is 1.65. The van der Waals surface area contributed by atoms with E-state index in [1.807, 2.05) is 67.7 Å². The maximum absolute atomic E-state index is 14.0. The largest absolute Gasteiger partial charge is 0.349 e.